The fourth-order valence-corrected chi connectivity index (χ4v) is 4.93. The number of hydrogen-bond acceptors (Lipinski definition) is 9. The van der Waals surface area contributed by atoms with Gasteiger partial charge >= 0.3 is 0 Å². The Morgan fingerprint density at radius 2 is 1.92 bits per heavy atom. The van der Waals surface area contributed by atoms with Crippen molar-refractivity contribution in [3.05, 3.63) is 93.9 Å². The number of furan rings is 1. The topological polar surface area (TPSA) is 121 Å². The Hall–Kier alpha value is -4.64. The molecule has 0 unspecified atom stereocenters. The summed E-state index contributed by atoms with van der Waals surface area (Å²) in [5, 5.41) is 13.5. The van der Waals surface area contributed by atoms with E-state index in [0.29, 0.717) is 54.5 Å². The first-order chi connectivity index (χ1) is 19.1. The standard InChI is InChI=1S/C28H28N6O5/c1-3-24(27-30-31-32-34(27)14-18-6-8-21(36-2)9-7-18)33(16-22-5-4-10-37-22)15-20-11-19-12-25-26(39-17-38-25)13-23(19)29-28(20)35/h4-13,24H,3,14-17H2,1-2H3,(H,29,35)/t24-/m0/s1. The minimum atomic E-state index is -0.185. The molecule has 5 aromatic rings. The lowest BCUT2D eigenvalue weighted by Crippen LogP contribution is -2.32. The molecular formula is C28H28N6O5. The predicted octanol–water partition coefficient (Wildman–Crippen LogP) is 4.05. The smallest absolute Gasteiger partial charge is 0.252 e. The van der Waals surface area contributed by atoms with Gasteiger partial charge in [-0.25, -0.2) is 4.68 Å². The molecule has 200 valence electrons. The average Bonchev–Trinajstić information content (AvgIpc) is 3.72. The van der Waals surface area contributed by atoms with Gasteiger partial charge in [0.25, 0.3) is 5.56 Å². The van der Waals surface area contributed by atoms with Crippen molar-refractivity contribution in [2.75, 3.05) is 13.9 Å². The Kier molecular flexibility index (Phi) is 6.72. The largest absolute Gasteiger partial charge is 0.497 e. The number of nitrogens with one attached hydrogen (secondary N) is 1. The number of pyridine rings is 1. The second-order valence-electron chi connectivity index (χ2n) is 9.37. The lowest BCUT2D eigenvalue weighted by molar-refractivity contribution is 0.149. The number of hydrogen-bond donors (Lipinski definition) is 1. The maximum absolute atomic E-state index is 13.2. The summed E-state index contributed by atoms with van der Waals surface area (Å²) in [5.41, 5.74) is 2.18. The minimum Gasteiger partial charge on any atom is -0.497 e. The van der Waals surface area contributed by atoms with Gasteiger partial charge in [0.2, 0.25) is 6.79 Å². The molecule has 0 saturated carbocycles. The first-order valence-electron chi connectivity index (χ1n) is 12.7. The summed E-state index contributed by atoms with van der Waals surface area (Å²) in [6.07, 6.45) is 2.36. The molecule has 6 rings (SSSR count). The van der Waals surface area contributed by atoms with Crippen LogP contribution < -0.4 is 19.8 Å². The van der Waals surface area contributed by atoms with Gasteiger partial charge in [-0.1, -0.05) is 19.1 Å². The number of nitrogens with zero attached hydrogens (tertiary/aromatic N) is 5. The maximum Gasteiger partial charge on any atom is 0.252 e. The lowest BCUT2D eigenvalue weighted by Gasteiger charge is -2.29. The van der Waals surface area contributed by atoms with E-state index in [1.165, 1.54) is 0 Å². The van der Waals surface area contributed by atoms with E-state index >= 15 is 0 Å². The van der Waals surface area contributed by atoms with E-state index in [-0.39, 0.29) is 18.4 Å². The van der Waals surface area contributed by atoms with Gasteiger partial charge in [0.05, 0.1) is 38.0 Å². The zero-order valence-electron chi connectivity index (χ0n) is 21.7. The van der Waals surface area contributed by atoms with Crippen LogP contribution in [0.15, 0.2) is 70.1 Å². The van der Waals surface area contributed by atoms with Crippen LogP contribution in [0.5, 0.6) is 17.2 Å². The summed E-state index contributed by atoms with van der Waals surface area (Å²) in [5.74, 6) is 3.57. The third-order valence-corrected chi connectivity index (χ3v) is 6.90. The Balaban J connectivity index is 1.33. The summed E-state index contributed by atoms with van der Waals surface area (Å²) >= 11 is 0. The molecule has 0 saturated heterocycles. The third-order valence-electron chi connectivity index (χ3n) is 6.90. The zero-order chi connectivity index (χ0) is 26.8. The molecule has 3 aromatic heterocycles. The van der Waals surface area contributed by atoms with Gasteiger partial charge < -0.3 is 23.6 Å². The highest BCUT2D eigenvalue weighted by Gasteiger charge is 2.27. The molecule has 11 nitrogen and oxygen atoms in total. The van der Waals surface area contributed by atoms with E-state index in [1.807, 2.05) is 48.5 Å². The number of aromatic amines is 1. The molecule has 0 amide bonds. The van der Waals surface area contributed by atoms with Gasteiger partial charge in [-0.3, -0.25) is 9.69 Å². The van der Waals surface area contributed by atoms with Crippen LogP contribution in [0.2, 0.25) is 0 Å². The van der Waals surface area contributed by atoms with Gasteiger partial charge in [-0.2, -0.15) is 0 Å². The highest BCUT2D eigenvalue weighted by Crippen LogP contribution is 2.35. The maximum atomic E-state index is 13.2. The fraction of sp³-hybridized carbons (Fsp3) is 0.286. The van der Waals surface area contributed by atoms with Crippen LogP contribution in [0.1, 0.15) is 42.1 Å². The Morgan fingerprint density at radius 3 is 2.67 bits per heavy atom. The number of tetrazole rings is 1. The van der Waals surface area contributed by atoms with Crippen molar-refractivity contribution in [1.82, 2.24) is 30.1 Å². The van der Waals surface area contributed by atoms with Gasteiger partial charge in [0.15, 0.2) is 17.3 Å². The van der Waals surface area contributed by atoms with E-state index < -0.39 is 0 Å². The summed E-state index contributed by atoms with van der Waals surface area (Å²) in [4.78, 5) is 18.4. The van der Waals surface area contributed by atoms with Crippen molar-refractivity contribution < 1.29 is 18.6 Å². The summed E-state index contributed by atoms with van der Waals surface area (Å²) in [6.45, 7) is 3.58. The van der Waals surface area contributed by atoms with Crippen molar-refractivity contribution in [3.63, 3.8) is 0 Å². The van der Waals surface area contributed by atoms with E-state index in [1.54, 1.807) is 24.1 Å². The summed E-state index contributed by atoms with van der Waals surface area (Å²) in [7, 11) is 1.64. The molecule has 0 fully saturated rings. The van der Waals surface area contributed by atoms with Crippen molar-refractivity contribution >= 4 is 10.9 Å². The number of methoxy groups -OCH3 is 1. The molecule has 39 heavy (non-hydrogen) atoms. The number of aromatic nitrogens is 5. The van der Waals surface area contributed by atoms with Crippen molar-refractivity contribution in [1.29, 1.82) is 0 Å². The van der Waals surface area contributed by atoms with Gasteiger partial charge in [-0.05, 0) is 58.8 Å². The van der Waals surface area contributed by atoms with Gasteiger partial charge in [-0.15, -0.1) is 5.10 Å². The number of rotatable bonds is 10. The zero-order valence-corrected chi connectivity index (χ0v) is 21.7. The van der Waals surface area contributed by atoms with E-state index in [2.05, 4.69) is 32.3 Å². The number of benzene rings is 2. The van der Waals surface area contributed by atoms with Crippen LogP contribution in [0.4, 0.5) is 0 Å². The quantitative estimate of drug-likeness (QED) is 0.286. The second kappa shape index (κ2) is 10.6. The molecule has 2 aromatic carbocycles. The van der Waals surface area contributed by atoms with Crippen molar-refractivity contribution in [2.24, 2.45) is 0 Å². The van der Waals surface area contributed by atoms with Crippen LogP contribution >= 0.6 is 0 Å². The highest BCUT2D eigenvalue weighted by molar-refractivity contribution is 5.83. The third kappa shape index (κ3) is 5.08. The van der Waals surface area contributed by atoms with Gasteiger partial charge in [0, 0.05) is 23.6 Å². The Bertz CT molecular complexity index is 1630. The molecule has 0 bridgehead atoms. The Morgan fingerprint density at radius 1 is 1.10 bits per heavy atom. The molecule has 0 spiro atoms. The normalized spacial score (nSPS) is 13.3. The van der Waals surface area contributed by atoms with E-state index in [4.69, 9.17) is 18.6 Å². The minimum absolute atomic E-state index is 0.168. The summed E-state index contributed by atoms with van der Waals surface area (Å²) in [6, 6.07) is 17.0. The van der Waals surface area contributed by atoms with E-state index in [0.717, 1.165) is 22.5 Å². The first-order valence-corrected chi connectivity index (χ1v) is 12.7. The average molecular weight is 529 g/mol. The number of fused-ring (bicyclic) bond motifs is 2. The van der Waals surface area contributed by atoms with Crippen LogP contribution in [0.25, 0.3) is 10.9 Å². The molecule has 11 heteroatoms. The molecule has 4 heterocycles. The van der Waals surface area contributed by atoms with Crippen molar-refractivity contribution in [3.8, 4) is 17.2 Å². The van der Waals surface area contributed by atoms with Crippen LogP contribution in [0.3, 0.4) is 0 Å². The Labute approximate surface area is 223 Å². The number of ether oxygens (including phenoxy) is 3. The fourth-order valence-electron chi connectivity index (χ4n) is 4.93. The van der Waals surface area contributed by atoms with Crippen LogP contribution in [-0.2, 0) is 19.6 Å². The molecular weight excluding hydrogens is 500 g/mol. The molecule has 1 N–H and O–H groups in total. The second-order valence-corrected chi connectivity index (χ2v) is 9.37. The molecule has 0 radical (unpaired) electrons. The molecule has 1 aliphatic heterocycles. The van der Waals surface area contributed by atoms with Crippen LogP contribution in [-0.4, -0.2) is 44.0 Å². The van der Waals surface area contributed by atoms with E-state index in [9.17, 15) is 4.79 Å². The number of H-pyrrole nitrogens is 1. The SMILES string of the molecule is CC[C@@H](c1nnnn1Cc1ccc(OC)cc1)N(Cc1ccco1)Cc1cc2cc3c(cc2[nH]c1=O)OCO3. The lowest BCUT2D eigenvalue weighted by atomic mass is 10.1. The molecule has 1 atom stereocenters. The van der Waals surface area contributed by atoms with Crippen molar-refractivity contribution in [2.45, 2.75) is 39.0 Å². The van der Waals surface area contributed by atoms with Gasteiger partial charge in [0.1, 0.15) is 11.5 Å². The highest BCUT2D eigenvalue weighted by atomic mass is 16.7. The monoisotopic (exact) mass is 528 g/mol. The molecule has 0 aliphatic carbocycles. The first kappa shape index (κ1) is 24.7. The summed E-state index contributed by atoms with van der Waals surface area (Å²) < 4.78 is 23.8. The van der Waals surface area contributed by atoms with Crippen LogP contribution in [0, 0.1) is 0 Å². The predicted molar refractivity (Wildman–Crippen MR) is 142 cm³/mol. The molecule has 1 aliphatic rings.